The molecular weight excluding hydrogens is 489 g/mol. The molecule has 0 unspecified atom stereocenters. The summed E-state index contributed by atoms with van der Waals surface area (Å²) in [6.07, 6.45) is 7.44. The summed E-state index contributed by atoms with van der Waals surface area (Å²) in [6.45, 7) is 2.81. The van der Waals surface area contributed by atoms with E-state index in [4.69, 9.17) is 16.3 Å². The number of halogens is 2. The van der Waals surface area contributed by atoms with Crippen molar-refractivity contribution < 1.29 is 18.7 Å². The minimum Gasteiger partial charge on any atom is -0.480 e. The summed E-state index contributed by atoms with van der Waals surface area (Å²) in [5.74, 6) is 0.160. The Balaban J connectivity index is 1.24. The van der Waals surface area contributed by atoms with Crippen LogP contribution in [-0.2, 0) is 4.79 Å². The molecule has 4 rings (SSSR count). The molecule has 12 heteroatoms. The highest BCUT2D eigenvalue weighted by Crippen LogP contribution is 2.23. The summed E-state index contributed by atoms with van der Waals surface area (Å²) in [5.41, 5.74) is 0.775. The molecule has 2 amide bonds. The number of carbonyl (C=O) groups is 2. The maximum atomic E-state index is 13.4. The predicted octanol–water partition coefficient (Wildman–Crippen LogP) is 2.79. The van der Waals surface area contributed by atoms with Crippen molar-refractivity contribution in [3.8, 4) is 5.88 Å². The number of pyridine rings is 1. The van der Waals surface area contributed by atoms with Gasteiger partial charge in [0.2, 0.25) is 17.7 Å². The van der Waals surface area contributed by atoms with Gasteiger partial charge < -0.3 is 20.3 Å². The standard InChI is InChI=1S/C24H29ClFN7O3/c1-36-22-19(25)13-28-24(31-22)30-18-8-11-33(15-18)23(35)20-7-6-17(12-27-20)29-21(34)5-3-10-32-9-2-4-16(26)14-32/h3,5-7,12-13,16,18H,2,4,8-11,14-15H2,1H3,(H,29,34)(H,28,30,31)/b5-3+/t16-,18+/m0/s1. The van der Waals surface area contributed by atoms with Gasteiger partial charge in [0.1, 0.15) is 16.9 Å². The summed E-state index contributed by atoms with van der Waals surface area (Å²) in [4.78, 5) is 41.3. The van der Waals surface area contributed by atoms with Crippen LogP contribution >= 0.6 is 11.6 Å². The van der Waals surface area contributed by atoms with Crippen LogP contribution in [0.1, 0.15) is 29.8 Å². The lowest BCUT2D eigenvalue weighted by molar-refractivity contribution is -0.111. The summed E-state index contributed by atoms with van der Waals surface area (Å²) >= 11 is 5.96. The molecule has 2 aromatic rings. The Morgan fingerprint density at radius 2 is 2.08 bits per heavy atom. The van der Waals surface area contributed by atoms with Gasteiger partial charge in [-0.05, 0) is 37.9 Å². The van der Waals surface area contributed by atoms with Crippen LogP contribution in [0.5, 0.6) is 5.88 Å². The number of carbonyl (C=O) groups excluding carboxylic acids is 2. The molecule has 0 aromatic carbocycles. The van der Waals surface area contributed by atoms with Gasteiger partial charge in [0.25, 0.3) is 5.91 Å². The maximum Gasteiger partial charge on any atom is 0.272 e. The lowest BCUT2D eigenvalue weighted by Crippen LogP contribution is -2.36. The van der Waals surface area contributed by atoms with Gasteiger partial charge in [0.05, 0.1) is 25.2 Å². The highest BCUT2D eigenvalue weighted by molar-refractivity contribution is 6.31. The second-order valence-electron chi connectivity index (χ2n) is 8.75. The van der Waals surface area contributed by atoms with Crippen molar-refractivity contribution in [2.45, 2.75) is 31.5 Å². The molecule has 2 N–H and O–H groups in total. The summed E-state index contributed by atoms with van der Waals surface area (Å²) in [5, 5.41) is 6.24. The molecule has 0 saturated carbocycles. The molecule has 2 fully saturated rings. The van der Waals surface area contributed by atoms with E-state index in [1.54, 1.807) is 23.1 Å². The highest BCUT2D eigenvalue weighted by atomic mass is 35.5. The summed E-state index contributed by atoms with van der Waals surface area (Å²) in [6, 6.07) is 3.21. The number of hydrogen-bond donors (Lipinski definition) is 2. The Labute approximate surface area is 213 Å². The smallest absolute Gasteiger partial charge is 0.272 e. The molecule has 192 valence electrons. The molecule has 36 heavy (non-hydrogen) atoms. The van der Waals surface area contributed by atoms with Gasteiger partial charge in [0, 0.05) is 38.3 Å². The highest BCUT2D eigenvalue weighted by Gasteiger charge is 2.28. The molecule has 2 aromatic heterocycles. The van der Waals surface area contributed by atoms with E-state index in [9.17, 15) is 14.0 Å². The Bertz CT molecular complexity index is 1100. The number of amides is 2. The minimum atomic E-state index is -0.794. The van der Waals surface area contributed by atoms with Gasteiger partial charge in [0.15, 0.2) is 0 Å². The zero-order valence-electron chi connectivity index (χ0n) is 20.0. The van der Waals surface area contributed by atoms with E-state index < -0.39 is 6.17 Å². The van der Waals surface area contributed by atoms with Crippen LogP contribution in [-0.4, -0.2) is 88.6 Å². The third-order valence-corrected chi connectivity index (χ3v) is 6.30. The van der Waals surface area contributed by atoms with E-state index in [2.05, 4.69) is 25.6 Å². The number of nitrogens with zero attached hydrogens (tertiary/aromatic N) is 5. The first-order valence-corrected chi connectivity index (χ1v) is 12.2. The molecule has 10 nitrogen and oxygen atoms in total. The Kier molecular flexibility index (Phi) is 8.65. The molecule has 0 aliphatic carbocycles. The quantitative estimate of drug-likeness (QED) is 0.514. The fourth-order valence-electron chi connectivity index (χ4n) is 4.22. The number of aromatic nitrogens is 3. The average Bonchev–Trinajstić information content (AvgIpc) is 3.34. The number of alkyl halides is 1. The van der Waals surface area contributed by atoms with E-state index in [1.165, 1.54) is 25.6 Å². The number of rotatable bonds is 8. The van der Waals surface area contributed by atoms with Crippen LogP contribution in [0.15, 0.2) is 36.7 Å². The number of likely N-dealkylation sites (tertiary alicyclic amines) is 2. The number of nitrogens with one attached hydrogen (secondary N) is 2. The first-order valence-electron chi connectivity index (χ1n) is 11.8. The zero-order chi connectivity index (χ0) is 25.5. The first kappa shape index (κ1) is 25.8. The molecule has 0 radical (unpaired) electrons. The van der Waals surface area contributed by atoms with Crippen molar-refractivity contribution in [1.82, 2.24) is 24.8 Å². The molecule has 0 spiro atoms. The Morgan fingerprint density at radius 3 is 2.83 bits per heavy atom. The summed E-state index contributed by atoms with van der Waals surface area (Å²) in [7, 11) is 1.48. The number of hydrogen-bond acceptors (Lipinski definition) is 8. The van der Waals surface area contributed by atoms with E-state index in [1.807, 2.05) is 4.90 Å². The number of anilines is 2. The molecule has 2 aliphatic rings. The van der Waals surface area contributed by atoms with Crippen LogP contribution in [0.25, 0.3) is 0 Å². The van der Waals surface area contributed by atoms with Gasteiger partial charge in [-0.1, -0.05) is 17.7 Å². The van der Waals surface area contributed by atoms with Crippen molar-refractivity contribution in [2.24, 2.45) is 0 Å². The topological polar surface area (TPSA) is 113 Å². The lowest BCUT2D eigenvalue weighted by Gasteiger charge is -2.27. The van der Waals surface area contributed by atoms with E-state index in [0.29, 0.717) is 55.0 Å². The monoisotopic (exact) mass is 517 g/mol. The van der Waals surface area contributed by atoms with Crippen LogP contribution < -0.4 is 15.4 Å². The molecule has 2 atom stereocenters. The molecule has 0 bridgehead atoms. The third kappa shape index (κ3) is 6.88. The number of piperidine rings is 1. The van der Waals surface area contributed by atoms with Crippen molar-refractivity contribution in [3.05, 3.63) is 47.4 Å². The van der Waals surface area contributed by atoms with Gasteiger partial charge in [-0.3, -0.25) is 14.5 Å². The van der Waals surface area contributed by atoms with Gasteiger partial charge in [-0.15, -0.1) is 0 Å². The van der Waals surface area contributed by atoms with Crippen molar-refractivity contribution >= 4 is 35.1 Å². The van der Waals surface area contributed by atoms with Crippen molar-refractivity contribution in [3.63, 3.8) is 0 Å². The van der Waals surface area contributed by atoms with Crippen LogP contribution in [0.3, 0.4) is 0 Å². The van der Waals surface area contributed by atoms with Gasteiger partial charge >= 0.3 is 0 Å². The van der Waals surface area contributed by atoms with Crippen molar-refractivity contribution in [2.75, 3.05) is 50.5 Å². The second kappa shape index (κ2) is 12.1. The third-order valence-electron chi connectivity index (χ3n) is 6.04. The van der Waals surface area contributed by atoms with E-state index in [-0.39, 0.29) is 23.7 Å². The van der Waals surface area contributed by atoms with Crippen molar-refractivity contribution in [1.29, 1.82) is 0 Å². The predicted molar refractivity (Wildman–Crippen MR) is 134 cm³/mol. The normalized spacial score (nSPS) is 20.5. The van der Waals surface area contributed by atoms with E-state index >= 15 is 0 Å². The fourth-order valence-corrected chi connectivity index (χ4v) is 4.39. The number of ether oxygens (including phenoxy) is 1. The van der Waals surface area contributed by atoms with E-state index in [0.717, 1.165) is 19.4 Å². The zero-order valence-corrected chi connectivity index (χ0v) is 20.7. The molecular formula is C24H29ClFN7O3. The fraction of sp³-hybridized carbons (Fsp3) is 0.458. The molecule has 2 aliphatic heterocycles. The molecule has 4 heterocycles. The second-order valence-corrected chi connectivity index (χ2v) is 9.16. The van der Waals surface area contributed by atoms with Crippen LogP contribution in [0, 0.1) is 0 Å². The Morgan fingerprint density at radius 1 is 1.22 bits per heavy atom. The van der Waals surface area contributed by atoms with Crippen LogP contribution in [0.2, 0.25) is 5.02 Å². The number of methoxy groups -OCH3 is 1. The summed E-state index contributed by atoms with van der Waals surface area (Å²) < 4.78 is 18.6. The lowest BCUT2D eigenvalue weighted by atomic mass is 10.1. The maximum absolute atomic E-state index is 13.4. The average molecular weight is 518 g/mol. The largest absolute Gasteiger partial charge is 0.480 e. The molecule has 2 saturated heterocycles. The van der Waals surface area contributed by atoms with Crippen LogP contribution in [0.4, 0.5) is 16.0 Å². The SMILES string of the molecule is COc1nc(N[C@@H]2CCN(C(=O)c3ccc(NC(=O)/C=C/CN4CCC[C@H](F)C4)cn3)C2)ncc1Cl. The minimum absolute atomic E-state index is 0.0223. The first-order chi connectivity index (χ1) is 17.4. The van der Waals surface area contributed by atoms with Gasteiger partial charge in [-0.2, -0.15) is 4.98 Å². The Hall–Kier alpha value is -3.31. The van der Waals surface area contributed by atoms with Gasteiger partial charge in [-0.25, -0.2) is 14.4 Å².